The van der Waals surface area contributed by atoms with Crippen LogP contribution in [0.2, 0.25) is 0 Å². The molecule has 0 N–H and O–H groups in total. The Kier molecular flexibility index (Phi) is 1.60. The number of thioether (sulfide) groups is 1. The average Bonchev–Trinajstić information content (AvgIpc) is 2.62. The van der Waals surface area contributed by atoms with Crippen LogP contribution in [0.3, 0.4) is 0 Å². The van der Waals surface area contributed by atoms with Gasteiger partial charge in [0.05, 0.1) is 12.1 Å². The molecule has 0 radical (unpaired) electrons. The summed E-state index contributed by atoms with van der Waals surface area (Å²) in [6, 6.07) is 1.46. The van der Waals surface area contributed by atoms with Crippen molar-refractivity contribution in [1.82, 2.24) is 4.90 Å². The molecule has 0 spiro atoms. The number of amidine groups is 1. The second-order valence-corrected chi connectivity index (χ2v) is 4.93. The van der Waals surface area contributed by atoms with E-state index in [1.807, 2.05) is 11.8 Å². The molecule has 2 aliphatic heterocycles. The molecule has 12 heavy (non-hydrogen) atoms. The average molecular weight is 182 g/mol. The van der Waals surface area contributed by atoms with Crippen molar-refractivity contribution in [3.8, 4) is 0 Å². The summed E-state index contributed by atoms with van der Waals surface area (Å²) >= 11 is 1.95. The van der Waals surface area contributed by atoms with Crippen LogP contribution in [0, 0.1) is 0 Å². The molecular formula is C9H14N2S. The lowest BCUT2D eigenvalue weighted by molar-refractivity contribution is 0.259. The van der Waals surface area contributed by atoms with Gasteiger partial charge in [-0.15, -0.1) is 0 Å². The van der Waals surface area contributed by atoms with Gasteiger partial charge >= 0.3 is 0 Å². The zero-order valence-corrected chi connectivity index (χ0v) is 8.02. The summed E-state index contributed by atoms with van der Waals surface area (Å²) < 4.78 is 0. The first-order valence-electron chi connectivity index (χ1n) is 4.92. The lowest BCUT2D eigenvalue weighted by Gasteiger charge is -2.29. The molecule has 2 fully saturated rings. The predicted octanol–water partition coefficient (Wildman–Crippen LogP) is 1.72. The minimum Gasteiger partial charge on any atom is -0.346 e. The Labute approximate surface area is 77.4 Å². The number of aliphatic imine (C=N–C) groups is 1. The minimum atomic E-state index is 0.668. The van der Waals surface area contributed by atoms with Crippen molar-refractivity contribution in [3.63, 3.8) is 0 Å². The van der Waals surface area contributed by atoms with E-state index in [0.717, 1.165) is 6.04 Å². The summed E-state index contributed by atoms with van der Waals surface area (Å²) in [7, 11) is 0. The molecule has 3 heteroatoms. The van der Waals surface area contributed by atoms with Crippen LogP contribution >= 0.6 is 11.8 Å². The zero-order chi connectivity index (χ0) is 7.97. The maximum atomic E-state index is 4.78. The minimum absolute atomic E-state index is 0.668. The molecule has 3 rings (SSSR count). The molecule has 0 aromatic carbocycles. The van der Waals surface area contributed by atoms with Gasteiger partial charge in [0.25, 0.3) is 0 Å². The molecule has 1 saturated heterocycles. The molecule has 0 aromatic heterocycles. The molecule has 0 bridgehead atoms. The van der Waals surface area contributed by atoms with Crippen LogP contribution in [-0.4, -0.2) is 34.4 Å². The van der Waals surface area contributed by atoms with E-state index in [1.165, 1.54) is 43.1 Å². The Bertz CT molecular complexity index is 227. The van der Waals surface area contributed by atoms with Crippen molar-refractivity contribution in [2.24, 2.45) is 4.99 Å². The van der Waals surface area contributed by atoms with Gasteiger partial charge < -0.3 is 4.90 Å². The monoisotopic (exact) mass is 182 g/mol. The lowest BCUT2D eigenvalue weighted by Crippen LogP contribution is -2.38. The highest BCUT2D eigenvalue weighted by atomic mass is 32.2. The van der Waals surface area contributed by atoms with Crippen LogP contribution in [0.25, 0.3) is 0 Å². The van der Waals surface area contributed by atoms with Gasteiger partial charge in [0.2, 0.25) is 0 Å². The van der Waals surface area contributed by atoms with Crippen LogP contribution in [0.1, 0.15) is 25.7 Å². The van der Waals surface area contributed by atoms with Crippen LogP contribution in [0.4, 0.5) is 0 Å². The van der Waals surface area contributed by atoms with Crippen LogP contribution < -0.4 is 0 Å². The van der Waals surface area contributed by atoms with Gasteiger partial charge in [-0.3, -0.25) is 4.99 Å². The Balaban J connectivity index is 1.87. The van der Waals surface area contributed by atoms with Gasteiger partial charge in [0.15, 0.2) is 5.17 Å². The Morgan fingerprint density at radius 3 is 3.25 bits per heavy atom. The van der Waals surface area contributed by atoms with Crippen molar-refractivity contribution in [3.05, 3.63) is 0 Å². The van der Waals surface area contributed by atoms with Gasteiger partial charge in [-0.1, -0.05) is 24.6 Å². The third-order valence-electron chi connectivity index (χ3n) is 3.18. The van der Waals surface area contributed by atoms with Gasteiger partial charge in [-0.05, 0) is 12.8 Å². The normalized spacial score (nSPS) is 39.3. The van der Waals surface area contributed by atoms with Gasteiger partial charge in [-0.25, -0.2) is 0 Å². The summed E-state index contributed by atoms with van der Waals surface area (Å²) in [5, 5.41) is 1.35. The van der Waals surface area contributed by atoms with E-state index in [4.69, 9.17) is 4.99 Å². The Morgan fingerprint density at radius 2 is 2.25 bits per heavy atom. The van der Waals surface area contributed by atoms with E-state index < -0.39 is 0 Å². The second-order valence-electron chi connectivity index (χ2n) is 3.87. The standard InChI is InChI=1S/C9H14N2S/c1-2-4-8-7(3-1)10-9-11(8)5-6-12-9/h7-8H,1-6H2. The van der Waals surface area contributed by atoms with Gasteiger partial charge in [0.1, 0.15) is 0 Å². The predicted molar refractivity (Wildman–Crippen MR) is 52.6 cm³/mol. The van der Waals surface area contributed by atoms with Crippen molar-refractivity contribution >= 4 is 16.9 Å². The molecule has 2 unspecified atom stereocenters. The zero-order valence-electron chi connectivity index (χ0n) is 7.20. The fourth-order valence-electron chi connectivity index (χ4n) is 2.58. The maximum Gasteiger partial charge on any atom is 0.159 e. The topological polar surface area (TPSA) is 15.6 Å². The first kappa shape index (κ1) is 7.25. The molecular weight excluding hydrogens is 168 g/mol. The van der Waals surface area contributed by atoms with Crippen molar-refractivity contribution in [1.29, 1.82) is 0 Å². The van der Waals surface area contributed by atoms with Gasteiger partial charge in [-0.2, -0.15) is 0 Å². The first-order chi connectivity index (χ1) is 5.95. The molecule has 66 valence electrons. The summed E-state index contributed by atoms with van der Waals surface area (Å²) in [5.74, 6) is 1.27. The second kappa shape index (κ2) is 2.66. The fraction of sp³-hybridized carbons (Fsp3) is 0.889. The van der Waals surface area contributed by atoms with E-state index in [1.54, 1.807) is 0 Å². The van der Waals surface area contributed by atoms with Crippen LogP contribution in [0.15, 0.2) is 4.99 Å². The molecule has 1 saturated carbocycles. The van der Waals surface area contributed by atoms with Crippen LogP contribution in [-0.2, 0) is 0 Å². The van der Waals surface area contributed by atoms with Crippen molar-refractivity contribution < 1.29 is 0 Å². The van der Waals surface area contributed by atoms with E-state index in [0.29, 0.717) is 6.04 Å². The summed E-state index contributed by atoms with van der Waals surface area (Å²) in [4.78, 5) is 7.33. The van der Waals surface area contributed by atoms with E-state index in [9.17, 15) is 0 Å². The van der Waals surface area contributed by atoms with Crippen molar-refractivity contribution in [2.45, 2.75) is 37.8 Å². The summed E-state index contributed by atoms with van der Waals surface area (Å²) in [5.41, 5.74) is 0. The Morgan fingerprint density at radius 1 is 1.33 bits per heavy atom. The number of rotatable bonds is 0. The lowest BCUT2D eigenvalue weighted by atomic mass is 9.91. The van der Waals surface area contributed by atoms with E-state index >= 15 is 0 Å². The molecule has 1 aliphatic carbocycles. The number of hydrogen-bond donors (Lipinski definition) is 0. The van der Waals surface area contributed by atoms with Gasteiger partial charge in [0, 0.05) is 12.3 Å². The number of nitrogens with zero attached hydrogens (tertiary/aromatic N) is 2. The summed E-state index contributed by atoms with van der Waals surface area (Å²) in [6.45, 7) is 1.25. The smallest absolute Gasteiger partial charge is 0.159 e. The van der Waals surface area contributed by atoms with E-state index in [-0.39, 0.29) is 0 Å². The SMILES string of the molecule is C1CCC2C(C1)N=C1SCCN12. The van der Waals surface area contributed by atoms with E-state index in [2.05, 4.69) is 4.90 Å². The molecule has 0 amide bonds. The molecule has 3 aliphatic rings. The molecule has 2 atom stereocenters. The third-order valence-corrected chi connectivity index (χ3v) is 4.16. The fourth-order valence-corrected chi connectivity index (χ4v) is 3.65. The third kappa shape index (κ3) is 0.920. The quantitative estimate of drug-likeness (QED) is 0.567. The highest BCUT2D eigenvalue weighted by Crippen LogP contribution is 2.36. The highest BCUT2D eigenvalue weighted by molar-refractivity contribution is 8.14. The molecule has 2 nitrogen and oxygen atoms in total. The largest absolute Gasteiger partial charge is 0.346 e. The number of fused-ring (bicyclic) bond motifs is 3. The van der Waals surface area contributed by atoms with Crippen LogP contribution in [0.5, 0.6) is 0 Å². The first-order valence-corrected chi connectivity index (χ1v) is 5.91. The summed E-state index contributed by atoms with van der Waals surface area (Å²) in [6.07, 6.45) is 5.55. The Hall–Kier alpha value is -0.180. The maximum absolute atomic E-state index is 4.78. The number of hydrogen-bond acceptors (Lipinski definition) is 3. The molecule has 2 heterocycles. The highest BCUT2D eigenvalue weighted by Gasteiger charge is 2.39. The van der Waals surface area contributed by atoms with Crippen molar-refractivity contribution in [2.75, 3.05) is 12.3 Å². The molecule has 0 aromatic rings.